The monoisotopic (exact) mass is 384 g/mol. The fraction of sp³-hybridized carbons (Fsp3) is 0.200. The fourth-order valence-corrected chi connectivity index (χ4v) is 2.73. The predicted octanol–water partition coefficient (Wildman–Crippen LogP) is 3.43. The minimum Gasteiger partial charge on any atom is -0.493 e. The van der Waals surface area contributed by atoms with E-state index in [4.69, 9.17) is 9.47 Å². The van der Waals surface area contributed by atoms with Crippen molar-refractivity contribution in [1.29, 1.82) is 0 Å². The van der Waals surface area contributed by atoms with Gasteiger partial charge in [-0.25, -0.2) is 5.43 Å². The molecule has 2 aromatic carbocycles. The van der Waals surface area contributed by atoms with Crippen molar-refractivity contribution in [2.24, 2.45) is 0 Å². The number of hydrogen-bond acceptors (Lipinski definition) is 4. The van der Waals surface area contributed by atoms with Crippen LogP contribution in [0.2, 0.25) is 0 Å². The van der Waals surface area contributed by atoms with Gasteiger partial charge in [0.25, 0.3) is 0 Å². The summed E-state index contributed by atoms with van der Waals surface area (Å²) in [6, 6.07) is 14.0. The maximum absolute atomic E-state index is 5.34. The minimum absolute atomic E-state index is 0.686. The molecule has 0 aromatic heterocycles. The molecule has 2 N–H and O–H groups in total. The van der Waals surface area contributed by atoms with E-state index in [2.05, 4.69) is 39.5 Å². The third-order valence-corrected chi connectivity index (χ3v) is 3.59. The molecule has 2 rings (SSSR count). The van der Waals surface area contributed by atoms with Crippen molar-refractivity contribution in [3.8, 4) is 11.5 Å². The van der Waals surface area contributed by atoms with Gasteiger partial charge in [0.1, 0.15) is 0 Å². The lowest BCUT2D eigenvalue weighted by atomic mass is 10.2. The zero-order valence-corrected chi connectivity index (χ0v) is 13.6. The fourth-order valence-electron chi connectivity index (χ4n) is 1.84. The van der Waals surface area contributed by atoms with Crippen LogP contribution >= 0.6 is 22.6 Å². The van der Waals surface area contributed by atoms with E-state index in [-0.39, 0.29) is 0 Å². The maximum atomic E-state index is 5.34. The Labute approximate surface area is 132 Å². The number of benzene rings is 2. The Balaban J connectivity index is 2.01. The van der Waals surface area contributed by atoms with E-state index in [0.29, 0.717) is 6.54 Å². The molecule has 0 amide bonds. The van der Waals surface area contributed by atoms with Crippen LogP contribution in [-0.4, -0.2) is 14.2 Å². The van der Waals surface area contributed by atoms with E-state index < -0.39 is 0 Å². The normalized spacial score (nSPS) is 10.2. The number of ether oxygens (including phenoxy) is 2. The standard InChI is InChI=1S/C15H17IN2O2/c1-19-14-9-11(8-13(16)15(14)20-2)10-17-18-12-6-4-3-5-7-12/h3-9,17-18H,10H2,1-2H3. The van der Waals surface area contributed by atoms with Gasteiger partial charge < -0.3 is 14.9 Å². The zero-order chi connectivity index (χ0) is 14.4. The molecule has 2 aromatic rings. The van der Waals surface area contributed by atoms with Gasteiger partial charge in [-0.05, 0) is 52.4 Å². The summed E-state index contributed by atoms with van der Waals surface area (Å²) in [4.78, 5) is 0. The van der Waals surface area contributed by atoms with Crippen molar-refractivity contribution in [2.45, 2.75) is 6.54 Å². The van der Waals surface area contributed by atoms with Crippen LogP contribution in [0, 0.1) is 3.57 Å². The molecule has 0 fully saturated rings. The van der Waals surface area contributed by atoms with Crippen LogP contribution in [0.15, 0.2) is 42.5 Å². The van der Waals surface area contributed by atoms with Crippen molar-refractivity contribution in [3.63, 3.8) is 0 Å². The van der Waals surface area contributed by atoms with Crippen LogP contribution in [0.25, 0.3) is 0 Å². The number of anilines is 1. The van der Waals surface area contributed by atoms with Crippen molar-refractivity contribution in [2.75, 3.05) is 19.6 Å². The van der Waals surface area contributed by atoms with E-state index in [1.807, 2.05) is 36.4 Å². The van der Waals surface area contributed by atoms with Crippen molar-refractivity contribution in [1.82, 2.24) is 5.43 Å². The molecule has 0 unspecified atom stereocenters. The summed E-state index contributed by atoms with van der Waals surface area (Å²) in [5.74, 6) is 1.52. The summed E-state index contributed by atoms with van der Waals surface area (Å²) in [5, 5.41) is 0. The van der Waals surface area contributed by atoms with Gasteiger partial charge in [-0.1, -0.05) is 18.2 Å². The van der Waals surface area contributed by atoms with Gasteiger partial charge in [-0.3, -0.25) is 0 Å². The summed E-state index contributed by atoms with van der Waals surface area (Å²) in [6.45, 7) is 0.686. The second-order valence-electron chi connectivity index (χ2n) is 4.16. The molecule has 0 aliphatic carbocycles. The molecular weight excluding hydrogens is 367 g/mol. The first-order valence-corrected chi connectivity index (χ1v) is 7.26. The van der Waals surface area contributed by atoms with Gasteiger partial charge >= 0.3 is 0 Å². The first-order valence-electron chi connectivity index (χ1n) is 6.19. The largest absolute Gasteiger partial charge is 0.493 e. The van der Waals surface area contributed by atoms with E-state index in [9.17, 15) is 0 Å². The molecule has 0 heterocycles. The highest BCUT2D eigenvalue weighted by atomic mass is 127. The average molecular weight is 384 g/mol. The molecular formula is C15H17IN2O2. The lowest BCUT2D eigenvalue weighted by Gasteiger charge is -2.13. The van der Waals surface area contributed by atoms with E-state index in [0.717, 1.165) is 26.3 Å². The third kappa shape index (κ3) is 3.77. The molecule has 0 radical (unpaired) electrons. The number of halogens is 1. The topological polar surface area (TPSA) is 42.5 Å². The van der Waals surface area contributed by atoms with Crippen LogP contribution < -0.4 is 20.3 Å². The number of hydrazine groups is 1. The summed E-state index contributed by atoms with van der Waals surface area (Å²) in [5.41, 5.74) is 8.49. The van der Waals surface area contributed by atoms with Gasteiger partial charge in [0.15, 0.2) is 11.5 Å². The summed E-state index contributed by atoms with van der Waals surface area (Å²) in [6.07, 6.45) is 0. The Kier molecular flexibility index (Phi) is 5.49. The molecule has 0 saturated carbocycles. The highest BCUT2D eigenvalue weighted by Gasteiger charge is 2.10. The van der Waals surface area contributed by atoms with Gasteiger partial charge in [0.2, 0.25) is 0 Å². The summed E-state index contributed by atoms with van der Waals surface area (Å²) >= 11 is 2.25. The molecule has 0 aliphatic heterocycles. The van der Waals surface area contributed by atoms with Crippen LogP contribution in [0.4, 0.5) is 5.69 Å². The second-order valence-corrected chi connectivity index (χ2v) is 5.32. The Morgan fingerprint density at radius 2 is 1.80 bits per heavy atom. The first kappa shape index (κ1) is 14.9. The van der Waals surface area contributed by atoms with Crippen molar-refractivity contribution < 1.29 is 9.47 Å². The number of hydrogen-bond donors (Lipinski definition) is 2. The van der Waals surface area contributed by atoms with Gasteiger partial charge in [-0.15, -0.1) is 0 Å². The number of rotatable bonds is 6. The summed E-state index contributed by atoms with van der Waals surface area (Å²) in [7, 11) is 3.29. The molecule has 0 saturated heterocycles. The van der Waals surface area contributed by atoms with Crippen LogP contribution in [0.3, 0.4) is 0 Å². The Morgan fingerprint density at radius 3 is 2.45 bits per heavy atom. The quantitative estimate of drug-likeness (QED) is 0.592. The van der Waals surface area contributed by atoms with Crippen LogP contribution in [0.1, 0.15) is 5.56 Å². The Bertz CT molecular complexity index is 561. The highest BCUT2D eigenvalue weighted by Crippen LogP contribution is 2.33. The minimum atomic E-state index is 0.686. The molecule has 106 valence electrons. The molecule has 20 heavy (non-hydrogen) atoms. The second kappa shape index (κ2) is 7.35. The average Bonchev–Trinajstić information content (AvgIpc) is 2.47. The number of para-hydroxylation sites is 1. The number of nitrogens with one attached hydrogen (secondary N) is 2. The smallest absolute Gasteiger partial charge is 0.174 e. The molecule has 0 bridgehead atoms. The highest BCUT2D eigenvalue weighted by molar-refractivity contribution is 14.1. The lowest BCUT2D eigenvalue weighted by molar-refractivity contribution is 0.352. The molecule has 0 aliphatic rings. The third-order valence-electron chi connectivity index (χ3n) is 2.79. The maximum Gasteiger partial charge on any atom is 0.174 e. The first-order chi connectivity index (χ1) is 9.74. The Hall–Kier alpha value is -1.47. The van der Waals surface area contributed by atoms with Gasteiger partial charge in [-0.2, -0.15) is 0 Å². The molecule has 5 heteroatoms. The molecule has 0 spiro atoms. The van der Waals surface area contributed by atoms with Gasteiger partial charge in [0, 0.05) is 12.2 Å². The zero-order valence-electron chi connectivity index (χ0n) is 11.4. The lowest BCUT2D eigenvalue weighted by Crippen LogP contribution is -2.20. The Morgan fingerprint density at radius 1 is 1.05 bits per heavy atom. The van der Waals surface area contributed by atoms with Gasteiger partial charge in [0.05, 0.1) is 17.8 Å². The van der Waals surface area contributed by atoms with Crippen molar-refractivity contribution >= 4 is 28.3 Å². The van der Waals surface area contributed by atoms with Crippen LogP contribution in [0.5, 0.6) is 11.5 Å². The van der Waals surface area contributed by atoms with E-state index >= 15 is 0 Å². The SMILES string of the molecule is COc1cc(CNNc2ccccc2)cc(I)c1OC. The molecule has 0 atom stereocenters. The predicted molar refractivity (Wildman–Crippen MR) is 89.2 cm³/mol. The summed E-state index contributed by atoms with van der Waals surface area (Å²) < 4.78 is 11.7. The van der Waals surface area contributed by atoms with Crippen molar-refractivity contribution in [3.05, 3.63) is 51.6 Å². The van der Waals surface area contributed by atoms with E-state index in [1.165, 1.54) is 0 Å². The van der Waals surface area contributed by atoms with E-state index in [1.54, 1.807) is 14.2 Å². The van der Waals surface area contributed by atoms with Crippen LogP contribution in [-0.2, 0) is 6.54 Å². The molecule has 4 nitrogen and oxygen atoms in total. The number of methoxy groups -OCH3 is 2.